The van der Waals surface area contributed by atoms with Crippen molar-refractivity contribution in [1.82, 2.24) is 4.98 Å². The summed E-state index contributed by atoms with van der Waals surface area (Å²) in [6.07, 6.45) is 2.48. The maximum Gasteiger partial charge on any atom is 0.411 e. The molecular formula is C13H12N2O2. The maximum absolute atomic E-state index is 10.9. The Morgan fingerprint density at radius 3 is 2.65 bits per heavy atom. The Kier molecular flexibility index (Phi) is 3.05. The molecule has 0 bridgehead atoms. The lowest BCUT2D eigenvalue weighted by molar-refractivity contribution is 0.203. The number of pyridine rings is 1. The molecule has 0 aliphatic carbocycles. The Bertz CT molecular complexity index is 526. The summed E-state index contributed by atoms with van der Waals surface area (Å²) in [6.45, 7) is 0. The first-order valence-electron chi connectivity index (χ1n) is 5.15. The van der Waals surface area contributed by atoms with Gasteiger partial charge < -0.3 is 5.11 Å². The number of carbonyl (C=O) groups is 1. The standard InChI is InChI=1S/C13H12N2O2/c1-15(13(16)17)12-6-2-4-10(8-12)11-5-3-7-14-9-11/h2-9H,1H3,(H,16,17). The molecule has 0 fully saturated rings. The third-order valence-corrected chi connectivity index (χ3v) is 2.52. The van der Waals surface area contributed by atoms with E-state index in [-0.39, 0.29) is 0 Å². The van der Waals surface area contributed by atoms with Crippen molar-refractivity contribution >= 4 is 11.8 Å². The van der Waals surface area contributed by atoms with Gasteiger partial charge in [0.25, 0.3) is 0 Å². The highest BCUT2D eigenvalue weighted by molar-refractivity contribution is 5.86. The molecule has 1 aromatic heterocycles. The molecule has 0 saturated carbocycles. The zero-order chi connectivity index (χ0) is 12.3. The molecule has 2 aromatic rings. The topological polar surface area (TPSA) is 53.4 Å². The fourth-order valence-corrected chi connectivity index (χ4v) is 1.54. The highest BCUT2D eigenvalue weighted by atomic mass is 16.4. The number of anilines is 1. The van der Waals surface area contributed by atoms with Crippen LogP contribution < -0.4 is 4.90 Å². The number of hydrogen-bond acceptors (Lipinski definition) is 2. The van der Waals surface area contributed by atoms with Gasteiger partial charge in [0.2, 0.25) is 0 Å². The summed E-state index contributed by atoms with van der Waals surface area (Å²) in [5.41, 5.74) is 2.55. The van der Waals surface area contributed by atoms with Crippen molar-refractivity contribution in [1.29, 1.82) is 0 Å². The average molecular weight is 228 g/mol. The van der Waals surface area contributed by atoms with Crippen molar-refractivity contribution in [3.8, 4) is 11.1 Å². The number of rotatable bonds is 2. The van der Waals surface area contributed by atoms with Crippen molar-refractivity contribution in [2.24, 2.45) is 0 Å². The lowest BCUT2D eigenvalue weighted by Gasteiger charge is -2.14. The van der Waals surface area contributed by atoms with Crippen LogP contribution in [0.15, 0.2) is 48.8 Å². The molecule has 86 valence electrons. The van der Waals surface area contributed by atoms with Crippen molar-refractivity contribution in [3.05, 3.63) is 48.8 Å². The molecule has 4 heteroatoms. The van der Waals surface area contributed by atoms with Crippen LogP contribution >= 0.6 is 0 Å². The summed E-state index contributed by atoms with van der Waals surface area (Å²) in [6, 6.07) is 11.1. The van der Waals surface area contributed by atoms with Gasteiger partial charge in [-0.3, -0.25) is 9.88 Å². The third kappa shape index (κ3) is 2.42. The molecule has 0 aliphatic rings. The molecule has 0 saturated heterocycles. The predicted octanol–water partition coefficient (Wildman–Crippen LogP) is 2.86. The summed E-state index contributed by atoms with van der Waals surface area (Å²) < 4.78 is 0. The van der Waals surface area contributed by atoms with Gasteiger partial charge in [-0.25, -0.2) is 4.79 Å². The number of benzene rings is 1. The summed E-state index contributed by atoms with van der Waals surface area (Å²) in [5, 5.41) is 8.91. The highest BCUT2D eigenvalue weighted by Gasteiger charge is 2.08. The minimum absolute atomic E-state index is 0.638. The minimum atomic E-state index is -0.978. The average Bonchev–Trinajstić information content (AvgIpc) is 2.39. The molecule has 0 spiro atoms. The number of carboxylic acid groups (broad SMARTS) is 1. The van der Waals surface area contributed by atoms with Gasteiger partial charge in [-0.05, 0) is 23.8 Å². The quantitative estimate of drug-likeness (QED) is 0.859. The molecule has 17 heavy (non-hydrogen) atoms. The van der Waals surface area contributed by atoms with E-state index in [1.165, 1.54) is 11.9 Å². The lowest BCUT2D eigenvalue weighted by atomic mass is 10.1. The predicted molar refractivity (Wildman–Crippen MR) is 66.1 cm³/mol. The Morgan fingerprint density at radius 1 is 1.24 bits per heavy atom. The Labute approximate surface area is 99.2 Å². The van der Waals surface area contributed by atoms with E-state index in [9.17, 15) is 4.79 Å². The molecule has 2 rings (SSSR count). The second-order valence-electron chi connectivity index (χ2n) is 3.63. The van der Waals surface area contributed by atoms with Crippen LogP contribution in [0.3, 0.4) is 0 Å². The molecule has 1 heterocycles. The summed E-state index contributed by atoms with van der Waals surface area (Å²) in [4.78, 5) is 16.1. The summed E-state index contributed by atoms with van der Waals surface area (Å²) >= 11 is 0. The van der Waals surface area contributed by atoms with Gasteiger partial charge in [-0.15, -0.1) is 0 Å². The second-order valence-corrected chi connectivity index (χ2v) is 3.63. The number of nitrogens with zero attached hydrogens (tertiary/aromatic N) is 2. The third-order valence-electron chi connectivity index (χ3n) is 2.52. The van der Waals surface area contributed by atoms with Crippen LogP contribution in [-0.2, 0) is 0 Å². The Hall–Kier alpha value is -2.36. The molecule has 1 aromatic carbocycles. The minimum Gasteiger partial charge on any atom is -0.465 e. The molecule has 1 N–H and O–H groups in total. The van der Waals surface area contributed by atoms with Crippen LogP contribution in [-0.4, -0.2) is 23.2 Å². The number of aromatic nitrogens is 1. The van der Waals surface area contributed by atoms with Crippen molar-refractivity contribution in [2.45, 2.75) is 0 Å². The largest absolute Gasteiger partial charge is 0.465 e. The van der Waals surface area contributed by atoms with E-state index in [4.69, 9.17) is 5.11 Å². The van der Waals surface area contributed by atoms with Crippen LogP contribution in [0.4, 0.5) is 10.5 Å². The van der Waals surface area contributed by atoms with Crippen LogP contribution in [0.25, 0.3) is 11.1 Å². The zero-order valence-electron chi connectivity index (χ0n) is 9.37. The fourth-order valence-electron chi connectivity index (χ4n) is 1.54. The molecule has 1 amide bonds. The van der Waals surface area contributed by atoms with E-state index >= 15 is 0 Å². The van der Waals surface area contributed by atoms with Gasteiger partial charge in [-0.2, -0.15) is 0 Å². The van der Waals surface area contributed by atoms with Crippen molar-refractivity contribution in [3.63, 3.8) is 0 Å². The first-order valence-corrected chi connectivity index (χ1v) is 5.15. The van der Waals surface area contributed by atoms with Crippen LogP contribution in [0.5, 0.6) is 0 Å². The van der Waals surface area contributed by atoms with Gasteiger partial charge in [0.15, 0.2) is 0 Å². The number of hydrogen-bond donors (Lipinski definition) is 1. The smallest absolute Gasteiger partial charge is 0.411 e. The van der Waals surface area contributed by atoms with Crippen LogP contribution in [0.1, 0.15) is 0 Å². The highest BCUT2D eigenvalue weighted by Crippen LogP contribution is 2.23. The van der Waals surface area contributed by atoms with E-state index in [2.05, 4.69) is 4.98 Å². The van der Waals surface area contributed by atoms with Gasteiger partial charge in [0.05, 0.1) is 0 Å². The van der Waals surface area contributed by atoms with E-state index in [0.717, 1.165) is 11.1 Å². The van der Waals surface area contributed by atoms with E-state index in [1.54, 1.807) is 18.5 Å². The van der Waals surface area contributed by atoms with Gasteiger partial charge in [-0.1, -0.05) is 18.2 Å². The van der Waals surface area contributed by atoms with Crippen molar-refractivity contribution in [2.75, 3.05) is 11.9 Å². The summed E-state index contributed by atoms with van der Waals surface area (Å²) in [7, 11) is 1.52. The van der Waals surface area contributed by atoms with Gasteiger partial charge in [0.1, 0.15) is 0 Å². The molecule has 0 unspecified atom stereocenters. The van der Waals surface area contributed by atoms with E-state index in [0.29, 0.717) is 5.69 Å². The monoisotopic (exact) mass is 228 g/mol. The van der Waals surface area contributed by atoms with E-state index < -0.39 is 6.09 Å². The second kappa shape index (κ2) is 4.65. The first-order chi connectivity index (χ1) is 8.18. The maximum atomic E-state index is 10.9. The Balaban J connectivity index is 2.39. The van der Waals surface area contributed by atoms with Crippen molar-refractivity contribution < 1.29 is 9.90 Å². The fraction of sp³-hybridized carbons (Fsp3) is 0.0769. The van der Waals surface area contributed by atoms with Crippen LogP contribution in [0.2, 0.25) is 0 Å². The number of amides is 1. The SMILES string of the molecule is CN(C(=O)O)c1cccc(-c2cccnc2)c1. The zero-order valence-corrected chi connectivity index (χ0v) is 9.37. The Morgan fingerprint density at radius 2 is 2.00 bits per heavy atom. The molecular weight excluding hydrogens is 216 g/mol. The van der Waals surface area contributed by atoms with Gasteiger partial charge in [0, 0.05) is 30.7 Å². The molecule has 4 nitrogen and oxygen atoms in total. The van der Waals surface area contributed by atoms with Gasteiger partial charge >= 0.3 is 6.09 Å². The summed E-state index contributed by atoms with van der Waals surface area (Å²) in [5.74, 6) is 0. The van der Waals surface area contributed by atoms with Crippen LogP contribution in [0, 0.1) is 0 Å². The lowest BCUT2D eigenvalue weighted by Crippen LogP contribution is -2.23. The normalized spacial score (nSPS) is 9.94. The molecule has 0 aliphatic heterocycles. The van der Waals surface area contributed by atoms with E-state index in [1.807, 2.05) is 30.3 Å². The molecule has 0 radical (unpaired) electrons. The molecule has 0 atom stereocenters. The first kappa shape index (κ1) is 11.1.